The number of benzene rings is 1. The molecule has 0 bridgehead atoms. The minimum absolute atomic E-state index is 0.0197. The van der Waals surface area contributed by atoms with E-state index in [1.165, 1.54) is 29.7 Å². The fourth-order valence-electron chi connectivity index (χ4n) is 3.11. The molecular formula is C20H20N2O5S2. The molecule has 0 aliphatic carbocycles. The lowest BCUT2D eigenvalue weighted by Crippen LogP contribution is -2.51. The summed E-state index contributed by atoms with van der Waals surface area (Å²) in [6.07, 6.45) is 5.07. The van der Waals surface area contributed by atoms with E-state index in [1.54, 1.807) is 12.2 Å². The van der Waals surface area contributed by atoms with Gasteiger partial charge in [0, 0.05) is 6.92 Å². The molecule has 3 unspecified atom stereocenters. The zero-order chi connectivity index (χ0) is 21.0. The molecule has 152 valence electrons. The van der Waals surface area contributed by atoms with Gasteiger partial charge < -0.3 is 10.4 Å². The zero-order valence-electron chi connectivity index (χ0n) is 15.6. The minimum atomic E-state index is -1.11. The van der Waals surface area contributed by atoms with E-state index < -0.39 is 22.6 Å². The van der Waals surface area contributed by atoms with E-state index in [4.69, 9.17) is 0 Å². The van der Waals surface area contributed by atoms with E-state index in [-0.39, 0.29) is 23.4 Å². The van der Waals surface area contributed by atoms with E-state index in [0.29, 0.717) is 11.4 Å². The molecule has 2 heterocycles. The molecule has 1 aromatic carbocycles. The molecule has 0 aromatic heterocycles. The third kappa shape index (κ3) is 5.30. The molecule has 3 rings (SSSR count). The van der Waals surface area contributed by atoms with Crippen LogP contribution in [0.25, 0.3) is 0 Å². The molecule has 2 amide bonds. The molecule has 0 spiro atoms. The van der Waals surface area contributed by atoms with E-state index in [1.807, 2.05) is 30.3 Å². The van der Waals surface area contributed by atoms with Crippen molar-refractivity contribution >= 4 is 46.4 Å². The van der Waals surface area contributed by atoms with Crippen LogP contribution in [0.3, 0.4) is 0 Å². The standard InChI is InChI=1S/C20H20N2O5S2/c1-12(23)28-15(10-13-6-3-2-4-7-13)19(25)21-16-11-17(24)22-14(20(26)27)8-5-9-18(22)29-16/h2-9,14-16H,10-11H2,1H3,(H,21,25)(H,26,27). The quantitative estimate of drug-likeness (QED) is 0.710. The van der Waals surface area contributed by atoms with E-state index >= 15 is 0 Å². The lowest BCUT2D eigenvalue weighted by atomic mass is 10.1. The van der Waals surface area contributed by atoms with Gasteiger partial charge in [-0.25, -0.2) is 4.79 Å². The van der Waals surface area contributed by atoms with Gasteiger partial charge >= 0.3 is 5.97 Å². The first-order valence-electron chi connectivity index (χ1n) is 8.96. The predicted octanol–water partition coefficient (Wildman–Crippen LogP) is 2.15. The molecule has 0 radical (unpaired) electrons. The normalized spacial score (nSPS) is 21.8. The number of rotatable bonds is 6. The number of carboxylic acids is 1. The van der Waals surface area contributed by atoms with Crippen molar-refractivity contribution in [3.8, 4) is 0 Å². The summed E-state index contributed by atoms with van der Waals surface area (Å²) in [5, 5.41) is 11.3. The summed E-state index contributed by atoms with van der Waals surface area (Å²) < 4.78 is 0. The van der Waals surface area contributed by atoms with Crippen LogP contribution in [0.4, 0.5) is 0 Å². The van der Waals surface area contributed by atoms with Gasteiger partial charge in [0.1, 0.15) is 0 Å². The number of aliphatic carboxylic acids is 1. The Morgan fingerprint density at radius 1 is 1.31 bits per heavy atom. The lowest BCUT2D eigenvalue weighted by Gasteiger charge is -2.37. The average molecular weight is 433 g/mol. The van der Waals surface area contributed by atoms with Gasteiger partial charge in [0.2, 0.25) is 11.8 Å². The van der Waals surface area contributed by atoms with Gasteiger partial charge in [0.05, 0.1) is 22.1 Å². The molecule has 7 nitrogen and oxygen atoms in total. The average Bonchev–Trinajstić information content (AvgIpc) is 2.67. The number of carboxylic acid groups (broad SMARTS) is 1. The van der Waals surface area contributed by atoms with Crippen molar-refractivity contribution in [2.24, 2.45) is 0 Å². The highest BCUT2D eigenvalue weighted by atomic mass is 32.2. The van der Waals surface area contributed by atoms with Crippen molar-refractivity contribution in [2.45, 2.75) is 36.4 Å². The van der Waals surface area contributed by atoms with Crippen molar-refractivity contribution in [3.63, 3.8) is 0 Å². The Hall–Kier alpha value is -2.52. The Kier molecular flexibility index (Phi) is 6.81. The van der Waals surface area contributed by atoms with Gasteiger partial charge in [-0.1, -0.05) is 66.0 Å². The summed E-state index contributed by atoms with van der Waals surface area (Å²) in [5.74, 6) is -1.80. The van der Waals surface area contributed by atoms with Crippen LogP contribution in [0.1, 0.15) is 18.9 Å². The van der Waals surface area contributed by atoms with Crippen molar-refractivity contribution in [2.75, 3.05) is 0 Å². The fraction of sp³-hybridized carbons (Fsp3) is 0.300. The van der Waals surface area contributed by atoms with Gasteiger partial charge in [-0.2, -0.15) is 0 Å². The Morgan fingerprint density at radius 2 is 2.03 bits per heavy atom. The second-order valence-electron chi connectivity index (χ2n) is 6.54. The van der Waals surface area contributed by atoms with Gasteiger partial charge in [0.15, 0.2) is 11.2 Å². The molecular weight excluding hydrogens is 412 g/mol. The third-order valence-electron chi connectivity index (χ3n) is 4.36. The number of thioether (sulfide) groups is 2. The Balaban J connectivity index is 1.69. The highest BCUT2D eigenvalue weighted by Crippen LogP contribution is 2.36. The minimum Gasteiger partial charge on any atom is -0.479 e. The van der Waals surface area contributed by atoms with Crippen LogP contribution < -0.4 is 5.32 Å². The largest absolute Gasteiger partial charge is 0.479 e. The Labute approximate surface area is 176 Å². The molecule has 3 atom stereocenters. The van der Waals surface area contributed by atoms with Crippen LogP contribution in [0.15, 0.2) is 53.6 Å². The molecule has 9 heteroatoms. The number of amides is 2. The van der Waals surface area contributed by atoms with Crippen LogP contribution >= 0.6 is 23.5 Å². The zero-order valence-corrected chi connectivity index (χ0v) is 17.2. The predicted molar refractivity (Wildman–Crippen MR) is 112 cm³/mol. The summed E-state index contributed by atoms with van der Waals surface area (Å²) in [4.78, 5) is 49.6. The summed E-state index contributed by atoms with van der Waals surface area (Å²) in [6, 6.07) is 8.37. The number of carbonyl (C=O) groups is 4. The van der Waals surface area contributed by atoms with Gasteiger partial charge in [-0.3, -0.25) is 19.3 Å². The SMILES string of the molecule is CC(=O)SC(Cc1ccccc1)C(=O)NC1CC(=O)N2C(=CC=CC2C(=O)O)S1. The first-order chi connectivity index (χ1) is 13.8. The van der Waals surface area contributed by atoms with Crippen molar-refractivity contribution in [1.29, 1.82) is 0 Å². The first kappa shape index (κ1) is 21.2. The number of allylic oxidation sites excluding steroid dienone is 2. The smallest absolute Gasteiger partial charge is 0.330 e. The van der Waals surface area contributed by atoms with E-state index in [9.17, 15) is 24.3 Å². The molecule has 2 aliphatic rings. The summed E-state index contributed by atoms with van der Waals surface area (Å²) in [7, 11) is 0. The molecule has 0 saturated carbocycles. The molecule has 29 heavy (non-hydrogen) atoms. The van der Waals surface area contributed by atoms with E-state index in [2.05, 4.69) is 5.32 Å². The number of fused-ring (bicyclic) bond motifs is 1. The summed E-state index contributed by atoms with van der Waals surface area (Å²) in [6.45, 7) is 1.41. The van der Waals surface area contributed by atoms with Crippen LogP contribution in [0.5, 0.6) is 0 Å². The van der Waals surface area contributed by atoms with Crippen molar-refractivity contribution in [1.82, 2.24) is 10.2 Å². The summed E-state index contributed by atoms with van der Waals surface area (Å²) in [5.41, 5.74) is 0.935. The maximum Gasteiger partial charge on any atom is 0.330 e. The second-order valence-corrected chi connectivity index (χ2v) is 9.15. The highest BCUT2D eigenvalue weighted by molar-refractivity contribution is 8.14. The molecule has 1 saturated heterocycles. The van der Waals surface area contributed by atoms with E-state index in [0.717, 1.165) is 17.3 Å². The fourth-order valence-corrected chi connectivity index (χ4v) is 5.14. The van der Waals surface area contributed by atoms with Crippen molar-refractivity contribution < 1.29 is 24.3 Å². The molecule has 2 aliphatic heterocycles. The van der Waals surface area contributed by atoms with Crippen molar-refractivity contribution in [3.05, 3.63) is 59.2 Å². The number of hydrogen-bond donors (Lipinski definition) is 2. The Morgan fingerprint density at radius 3 is 2.69 bits per heavy atom. The van der Waals surface area contributed by atoms with Crippen LogP contribution in [-0.4, -0.2) is 49.6 Å². The van der Waals surface area contributed by atoms with Crippen LogP contribution in [0.2, 0.25) is 0 Å². The summed E-state index contributed by atoms with van der Waals surface area (Å²) >= 11 is 2.20. The Bertz CT molecular complexity index is 884. The number of hydrogen-bond acceptors (Lipinski definition) is 6. The monoisotopic (exact) mass is 432 g/mol. The number of carbonyl (C=O) groups excluding carboxylic acids is 3. The lowest BCUT2D eigenvalue weighted by molar-refractivity contribution is -0.146. The van der Waals surface area contributed by atoms with Crippen LogP contribution in [-0.2, 0) is 25.6 Å². The molecule has 1 aromatic rings. The highest BCUT2D eigenvalue weighted by Gasteiger charge is 2.39. The third-order valence-corrected chi connectivity index (χ3v) is 6.50. The number of nitrogens with zero attached hydrogens (tertiary/aromatic N) is 1. The molecule has 1 fully saturated rings. The first-order valence-corrected chi connectivity index (χ1v) is 10.7. The van der Waals surface area contributed by atoms with Gasteiger partial charge in [-0.15, -0.1) is 0 Å². The molecule has 2 N–H and O–H groups in total. The van der Waals surface area contributed by atoms with Gasteiger partial charge in [-0.05, 0) is 18.1 Å². The van der Waals surface area contributed by atoms with Gasteiger partial charge in [0.25, 0.3) is 0 Å². The second kappa shape index (κ2) is 9.32. The van der Waals surface area contributed by atoms with Crippen LogP contribution in [0, 0.1) is 0 Å². The number of nitrogens with one attached hydrogen (secondary N) is 1. The maximum atomic E-state index is 12.8. The topological polar surface area (TPSA) is 104 Å². The maximum absolute atomic E-state index is 12.8.